The number of rotatable bonds is 3. The van der Waals surface area contributed by atoms with Crippen LogP contribution in [0.5, 0.6) is 0 Å². The third kappa shape index (κ3) is 1.51. The molecule has 1 aromatic rings. The molecule has 1 saturated heterocycles. The maximum absolute atomic E-state index is 11.0. The van der Waals surface area contributed by atoms with Gasteiger partial charge in [-0.1, -0.05) is 13.0 Å². The molecule has 1 fully saturated rings. The fourth-order valence-corrected chi connectivity index (χ4v) is 1.84. The van der Waals surface area contributed by atoms with Crippen molar-refractivity contribution in [1.82, 2.24) is 4.98 Å². The summed E-state index contributed by atoms with van der Waals surface area (Å²) >= 11 is 0. The molecule has 4 nitrogen and oxygen atoms in total. The number of aliphatic carboxylic acids is 1. The van der Waals surface area contributed by atoms with Gasteiger partial charge in [0.15, 0.2) is 0 Å². The van der Waals surface area contributed by atoms with E-state index in [4.69, 9.17) is 9.84 Å². The highest BCUT2D eigenvalue weighted by atomic mass is 16.5. The van der Waals surface area contributed by atoms with E-state index in [1.165, 1.54) is 0 Å². The lowest BCUT2D eigenvalue weighted by molar-refractivity contribution is -0.155. The SMILES string of the molecule is CC(C(=O)O)C1(c2ccccn2)COC1. The van der Waals surface area contributed by atoms with Gasteiger partial charge in [0, 0.05) is 6.20 Å². The third-order valence-electron chi connectivity index (χ3n) is 3.09. The molecule has 15 heavy (non-hydrogen) atoms. The molecule has 2 rings (SSSR count). The summed E-state index contributed by atoms with van der Waals surface area (Å²) in [6.07, 6.45) is 1.68. The Morgan fingerprint density at radius 3 is 2.73 bits per heavy atom. The molecule has 4 heteroatoms. The summed E-state index contributed by atoms with van der Waals surface area (Å²) in [4.78, 5) is 15.3. The molecule has 0 spiro atoms. The van der Waals surface area contributed by atoms with Crippen molar-refractivity contribution < 1.29 is 14.6 Å². The van der Waals surface area contributed by atoms with Crippen molar-refractivity contribution in [3.05, 3.63) is 30.1 Å². The molecule has 80 valence electrons. The van der Waals surface area contributed by atoms with E-state index >= 15 is 0 Å². The first-order chi connectivity index (χ1) is 7.17. The predicted molar refractivity (Wildman–Crippen MR) is 53.5 cm³/mol. The van der Waals surface area contributed by atoms with Gasteiger partial charge in [0.2, 0.25) is 0 Å². The summed E-state index contributed by atoms with van der Waals surface area (Å²) in [7, 11) is 0. The normalized spacial score (nSPS) is 20.3. The molecule has 1 aromatic heterocycles. The highest BCUT2D eigenvalue weighted by molar-refractivity contribution is 5.72. The lowest BCUT2D eigenvalue weighted by Crippen LogP contribution is -2.54. The molecule has 0 bridgehead atoms. The van der Waals surface area contributed by atoms with Crippen molar-refractivity contribution >= 4 is 5.97 Å². The average Bonchev–Trinajstić information content (AvgIpc) is 2.17. The molecule has 1 unspecified atom stereocenters. The maximum Gasteiger partial charge on any atom is 0.307 e. The van der Waals surface area contributed by atoms with Crippen LogP contribution < -0.4 is 0 Å². The van der Waals surface area contributed by atoms with E-state index in [0.29, 0.717) is 13.2 Å². The molecule has 1 aliphatic heterocycles. The monoisotopic (exact) mass is 207 g/mol. The van der Waals surface area contributed by atoms with E-state index in [1.807, 2.05) is 18.2 Å². The lowest BCUT2D eigenvalue weighted by atomic mass is 9.71. The molecular formula is C11H13NO3. The average molecular weight is 207 g/mol. The van der Waals surface area contributed by atoms with Crippen LogP contribution in [0.2, 0.25) is 0 Å². The van der Waals surface area contributed by atoms with Crippen LogP contribution in [0.1, 0.15) is 12.6 Å². The van der Waals surface area contributed by atoms with Gasteiger partial charge in [-0.25, -0.2) is 0 Å². The van der Waals surface area contributed by atoms with Crippen LogP contribution in [-0.2, 0) is 14.9 Å². The number of pyridine rings is 1. The summed E-state index contributed by atoms with van der Waals surface area (Å²) in [5.74, 6) is -1.27. The zero-order valence-corrected chi connectivity index (χ0v) is 8.51. The van der Waals surface area contributed by atoms with Crippen molar-refractivity contribution in [2.75, 3.05) is 13.2 Å². The number of aromatic nitrogens is 1. The molecule has 0 aromatic carbocycles. The van der Waals surface area contributed by atoms with Crippen LogP contribution in [0.15, 0.2) is 24.4 Å². The predicted octanol–water partition coefficient (Wildman–Crippen LogP) is 1.07. The van der Waals surface area contributed by atoms with E-state index in [0.717, 1.165) is 5.69 Å². The first-order valence-electron chi connectivity index (χ1n) is 4.89. The van der Waals surface area contributed by atoms with Crippen LogP contribution >= 0.6 is 0 Å². The van der Waals surface area contributed by atoms with Gasteiger partial charge in [-0.3, -0.25) is 9.78 Å². The smallest absolute Gasteiger partial charge is 0.307 e. The van der Waals surface area contributed by atoms with Gasteiger partial charge in [0.25, 0.3) is 0 Å². The molecular weight excluding hydrogens is 194 g/mol. The van der Waals surface area contributed by atoms with Gasteiger partial charge >= 0.3 is 5.97 Å². The van der Waals surface area contributed by atoms with Gasteiger partial charge in [-0.2, -0.15) is 0 Å². The minimum absolute atomic E-state index is 0.437. The Morgan fingerprint density at radius 1 is 1.60 bits per heavy atom. The summed E-state index contributed by atoms with van der Waals surface area (Å²) in [5.41, 5.74) is 0.374. The van der Waals surface area contributed by atoms with E-state index in [-0.39, 0.29) is 0 Å². The number of hydrogen-bond donors (Lipinski definition) is 1. The van der Waals surface area contributed by atoms with Gasteiger partial charge < -0.3 is 9.84 Å². The second kappa shape index (κ2) is 3.62. The highest BCUT2D eigenvalue weighted by Crippen LogP contribution is 2.38. The largest absolute Gasteiger partial charge is 0.481 e. The van der Waals surface area contributed by atoms with Crippen LogP contribution in [0.25, 0.3) is 0 Å². The first kappa shape index (κ1) is 10.1. The lowest BCUT2D eigenvalue weighted by Gasteiger charge is -2.43. The van der Waals surface area contributed by atoms with Crippen LogP contribution in [0.4, 0.5) is 0 Å². The van der Waals surface area contributed by atoms with Crippen molar-refractivity contribution in [2.24, 2.45) is 5.92 Å². The number of ether oxygens (including phenoxy) is 1. The molecule has 0 amide bonds. The van der Waals surface area contributed by atoms with Crippen LogP contribution in [-0.4, -0.2) is 29.3 Å². The summed E-state index contributed by atoms with van der Waals surface area (Å²) in [6, 6.07) is 5.56. The van der Waals surface area contributed by atoms with Crippen LogP contribution in [0, 0.1) is 5.92 Å². The van der Waals surface area contributed by atoms with Gasteiger partial charge in [-0.05, 0) is 12.1 Å². The maximum atomic E-state index is 11.0. The Morgan fingerprint density at radius 2 is 2.33 bits per heavy atom. The topological polar surface area (TPSA) is 59.4 Å². The number of hydrogen-bond acceptors (Lipinski definition) is 3. The van der Waals surface area contributed by atoms with Gasteiger partial charge in [0.05, 0.1) is 30.2 Å². The molecule has 1 aliphatic rings. The fraction of sp³-hybridized carbons (Fsp3) is 0.455. The number of carboxylic acids is 1. The minimum atomic E-state index is -0.802. The van der Waals surface area contributed by atoms with Crippen molar-refractivity contribution in [1.29, 1.82) is 0 Å². The van der Waals surface area contributed by atoms with Crippen LogP contribution in [0.3, 0.4) is 0 Å². The second-order valence-electron chi connectivity index (χ2n) is 3.92. The second-order valence-corrected chi connectivity index (χ2v) is 3.92. The van der Waals surface area contributed by atoms with Crippen molar-refractivity contribution in [3.63, 3.8) is 0 Å². The van der Waals surface area contributed by atoms with E-state index in [9.17, 15) is 4.79 Å². The van der Waals surface area contributed by atoms with Gasteiger partial charge in [0.1, 0.15) is 0 Å². The third-order valence-corrected chi connectivity index (χ3v) is 3.09. The number of carboxylic acid groups (broad SMARTS) is 1. The van der Waals surface area contributed by atoms with Crippen molar-refractivity contribution in [3.8, 4) is 0 Å². The Hall–Kier alpha value is -1.42. The molecule has 0 saturated carbocycles. The van der Waals surface area contributed by atoms with E-state index in [2.05, 4.69) is 4.98 Å². The molecule has 0 radical (unpaired) electrons. The minimum Gasteiger partial charge on any atom is -0.481 e. The molecule has 2 heterocycles. The van der Waals surface area contributed by atoms with E-state index < -0.39 is 17.3 Å². The Kier molecular flexibility index (Phi) is 2.44. The standard InChI is InChI=1S/C11H13NO3/c1-8(10(13)14)11(6-15-7-11)9-4-2-3-5-12-9/h2-5,8H,6-7H2,1H3,(H,13,14). The van der Waals surface area contributed by atoms with Gasteiger partial charge in [-0.15, -0.1) is 0 Å². The first-order valence-corrected chi connectivity index (χ1v) is 4.89. The molecule has 0 aliphatic carbocycles. The Labute approximate surface area is 87.9 Å². The summed E-state index contributed by atoms with van der Waals surface area (Å²) < 4.78 is 5.16. The number of carbonyl (C=O) groups is 1. The number of nitrogens with zero attached hydrogens (tertiary/aromatic N) is 1. The van der Waals surface area contributed by atoms with Crippen molar-refractivity contribution in [2.45, 2.75) is 12.3 Å². The highest BCUT2D eigenvalue weighted by Gasteiger charge is 2.49. The zero-order valence-electron chi connectivity index (χ0n) is 8.51. The zero-order chi connectivity index (χ0) is 10.9. The Bertz CT molecular complexity index is 359. The fourth-order valence-electron chi connectivity index (χ4n) is 1.84. The van der Waals surface area contributed by atoms with E-state index in [1.54, 1.807) is 13.1 Å². The summed E-state index contributed by atoms with van der Waals surface area (Å²) in [5, 5.41) is 9.06. The Balaban J connectivity index is 2.34. The quantitative estimate of drug-likeness (QED) is 0.805. The molecule has 1 N–H and O–H groups in total. The summed E-state index contributed by atoms with van der Waals surface area (Å²) in [6.45, 7) is 2.59. The molecule has 1 atom stereocenters.